The Morgan fingerprint density at radius 1 is 1.36 bits per heavy atom. The van der Waals surface area contributed by atoms with Crippen molar-refractivity contribution in [2.45, 2.75) is 19.1 Å². The Kier molecular flexibility index (Phi) is 2.70. The summed E-state index contributed by atoms with van der Waals surface area (Å²) in [5.74, 6) is 0. The molecule has 0 bridgehead atoms. The minimum absolute atomic E-state index is 0.0242. The lowest BCUT2D eigenvalue weighted by atomic mass is 10.1. The van der Waals surface area contributed by atoms with Crippen molar-refractivity contribution >= 4 is 5.69 Å². The second kappa shape index (κ2) is 3.98. The van der Waals surface area contributed by atoms with Gasteiger partial charge in [0.25, 0.3) is 0 Å². The van der Waals surface area contributed by atoms with Crippen LogP contribution in [0.5, 0.6) is 0 Å². The molecule has 1 aliphatic heterocycles. The molecular formula is C11H15NO2. The monoisotopic (exact) mass is 193 g/mol. The number of nitrogens with one attached hydrogen (secondary N) is 1. The van der Waals surface area contributed by atoms with Crippen LogP contribution in [0.15, 0.2) is 24.3 Å². The minimum atomic E-state index is -0.394. The molecule has 0 amide bonds. The van der Waals surface area contributed by atoms with Crippen LogP contribution in [-0.4, -0.2) is 30.5 Å². The van der Waals surface area contributed by atoms with E-state index >= 15 is 0 Å². The van der Waals surface area contributed by atoms with Crippen LogP contribution in [0.4, 0.5) is 5.69 Å². The van der Waals surface area contributed by atoms with E-state index in [0.29, 0.717) is 13.2 Å². The third-order valence-corrected chi connectivity index (χ3v) is 2.54. The predicted molar refractivity (Wildman–Crippen MR) is 55.4 cm³/mol. The van der Waals surface area contributed by atoms with E-state index in [2.05, 4.69) is 5.32 Å². The summed E-state index contributed by atoms with van der Waals surface area (Å²) in [7, 11) is 0. The molecule has 0 aromatic heterocycles. The SMILES string of the molecule is Cc1ccccc1N[C@H]1COC[C@H]1O. The second-order valence-electron chi connectivity index (χ2n) is 3.67. The smallest absolute Gasteiger partial charge is 0.0996 e. The summed E-state index contributed by atoms with van der Waals surface area (Å²) < 4.78 is 5.17. The lowest BCUT2D eigenvalue weighted by molar-refractivity contribution is 0.125. The molecule has 3 heteroatoms. The quantitative estimate of drug-likeness (QED) is 0.740. The second-order valence-corrected chi connectivity index (χ2v) is 3.67. The normalized spacial score (nSPS) is 26.4. The maximum Gasteiger partial charge on any atom is 0.0996 e. The number of rotatable bonds is 2. The van der Waals surface area contributed by atoms with E-state index in [0.717, 1.165) is 5.69 Å². The van der Waals surface area contributed by atoms with Gasteiger partial charge in [-0.25, -0.2) is 0 Å². The number of aliphatic hydroxyl groups excluding tert-OH is 1. The Bertz CT molecular complexity index is 314. The summed E-state index contributed by atoms with van der Waals surface area (Å²) in [4.78, 5) is 0. The minimum Gasteiger partial charge on any atom is -0.388 e. The molecule has 2 N–H and O–H groups in total. The largest absolute Gasteiger partial charge is 0.388 e. The van der Waals surface area contributed by atoms with E-state index in [-0.39, 0.29) is 6.04 Å². The third kappa shape index (κ3) is 1.89. The number of hydrogen-bond donors (Lipinski definition) is 2. The average Bonchev–Trinajstić information content (AvgIpc) is 2.56. The molecule has 0 radical (unpaired) electrons. The lowest BCUT2D eigenvalue weighted by Gasteiger charge is -2.17. The molecule has 0 spiro atoms. The summed E-state index contributed by atoms with van der Waals surface area (Å²) >= 11 is 0. The highest BCUT2D eigenvalue weighted by atomic mass is 16.5. The molecule has 14 heavy (non-hydrogen) atoms. The van der Waals surface area contributed by atoms with E-state index < -0.39 is 6.10 Å². The molecule has 0 saturated carbocycles. The van der Waals surface area contributed by atoms with E-state index in [1.54, 1.807) is 0 Å². The molecule has 2 rings (SSSR count). The van der Waals surface area contributed by atoms with E-state index in [4.69, 9.17) is 4.74 Å². The maximum atomic E-state index is 9.55. The van der Waals surface area contributed by atoms with Crippen molar-refractivity contribution in [1.82, 2.24) is 0 Å². The van der Waals surface area contributed by atoms with Gasteiger partial charge in [0.2, 0.25) is 0 Å². The van der Waals surface area contributed by atoms with Gasteiger partial charge in [-0.1, -0.05) is 18.2 Å². The van der Waals surface area contributed by atoms with Crippen LogP contribution >= 0.6 is 0 Å². The number of aliphatic hydroxyl groups is 1. The lowest BCUT2D eigenvalue weighted by Crippen LogP contribution is -2.32. The zero-order valence-electron chi connectivity index (χ0n) is 8.23. The summed E-state index contributed by atoms with van der Waals surface area (Å²) in [5, 5.41) is 12.8. The number of ether oxygens (including phenoxy) is 1. The number of anilines is 1. The molecule has 1 heterocycles. The van der Waals surface area contributed by atoms with Crippen LogP contribution < -0.4 is 5.32 Å². The molecule has 2 atom stereocenters. The fraction of sp³-hybridized carbons (Fsp3) is 0.455. The summed E-state index contributed by atoms with van der Waals surface area (Å²) in [6, 6.07) is 8.07. The average molecular weight is 193 g/mol. The highest BCUT2D eigenvalue weighted by Gasteiger charge is 2.25. The van der Waals surface area contributed by atoms with Crippen LogP contribution in [0.1, 0.15) is 5.56 Å². The first-order chi connectivity index (χ1) is 6.77. The summed E-state index contributed by atoms with van der Waals surface area (Å²) in [6.45, 7) is 3.06. The Hall–Kier alpha value is -1.06. The van der Waals surface area contributed by atoms with E-state index in [1.807, 2.05) is 31.2 Å². The molecule has 1 aliphatic rings. The van der Waals surface area contributed by atoms with Gasteiger partial charge in [-0.3, -0.25) is 0 Å². The first kappa shape index (κ1) is 9.49. The predicted octanol–water partition coefficient (Wildman–Crippen LogP) is 1.17. The van der Waals surface area contributed by atoms with Gasteiger partial charge >= 0.3 is 0 Å². The van der Waals surface area contributed by atoms with Crippen LogP contribution in [-0.2, 0) is 4.74 Å². The van der Waals surface area contributed by atoms with Crippen molar-refractivity contribution in [3.8, 4) is 0 Å². The summed E-state index contributed by atoms with van der Waals surface area (Å²) in [5.41, 5.74) is 2.26. The molecule has 1 saturated heterocycles. The topological polar surface area (TPSA) is 41.5 Å². The Labute approximate surface area is 83.7 Å². The van der Waals surface area contributed by atoms with Crippen molar-refractivity contribution in [3.63, 3.8) is 0 Å². The molecule has 3 nitrogen and oxygen atoms in total. The van der Waals surface area contributed by atoms with Crippen LogP contribution in [0.2, 0.25) is 0 Å². The van der Waals surface area contributed by atoms with Gasteiger partial charge in [0.1, 0.15) is 0 Å². The molecule has 1 fully saturated rings. The summed E-state index contributed by atoms with van der Waals surface area (Å²) in [6.07, 6.45) is -0.394. The van der Waals surface area contributed by atoms with E-state index in [1.165, 1.54) is 5.56 Å². The fourth-order valence-electron chi connectivity index (χ4n) is 1.62. The third-order valence-electron chi connectivity index (χ3n) is 2.54. The van der Waals surface area contributed by atoms with Crippen molar-refractivity contribution in [2.75, 3.05) is 18.5 Å². The molecule has 1 aromatic rings. The fourth-order valence-corrected chi connectivity index (χ4v) is 1.62. The van der Waals surface area contributed by atoms with Crippen LogP contribution in [0.3, 0.4) is 0 Å². The first-order valence-corrected chi connectivity index (χ1v) is 4.85. The molecule has 0 aliphatic carbocycles. The number of aryl methyl sites for hydroxylation is 1. The number of benzene rings is 1. The van der Waals surface area contributed by atoms with Gasteiger partial charge in [0, 0.05) is 5.69 Å². The zero-order valence-corrected chi connectivity index (χ0v) is 8.23. The van der Waals surface area contributed by atoms with Crippen molar-refractivity contribution in [2.24, 2.45) is 0 Å². The Morgan fingerprint density at radius 3 is 2.79 bits per heavy atom. The van der Waals surface area contributed by atoms with Gasteiger partial charge in [-0.05, 0) is 18.6 Å². The van der Waals surface area contributed by atoms with Crippen molar-refractivity contribution < 1.29 is 9.84 Å². The van der Waals surface area contributed by atoms with Crippen molar-refractivity contribution in [1.29, 1.82) is 0 Å². The standard InChI is InChI=1S/C11H15NO2/c1-8-4-2-3-5-9(8)12-10-6-14-7-11(10)13/h2-5,10-13H,6-7H2,1H3/t10-,11+/m0/s1. The zero-order chi connectivity index (χ0) is 9.97. The van der Waals surface area contributed by atoms with E-state index in [9.17, 15) is 5.11 Å². The van der Waals surface area contributed by atoms with Gasteiger partial charge in [0.15, 0.2) is 0 Å². The van der Waals surface area contributed by atoms with Gasteiger partial charge in [-0.2, -0.15) is 0 Å². The number of hydrogen-bond acceptors (Lipinski definition) is 3. The molecule has 0 unspecified atom stereocenters. The van der Waals surface area contributed by atoms with Gasteiger partial charge in [-0.15, -0.1) is 0 Å². The van der Waals surface area contributed by atoms with Gasteiger partial charge in [0.05, 0.1) is 25.4 Å². The first-order valence-electron chi connectivity index (χ1n) is 4.85. The van der Waals surface area contributed by atoms with Crippen LogP contribution in [0.25, 0.3) is 0 Å². The van der Waals surface area contributed by atoms with Gasteiger partial charge < -0.3 is 15.2 Å². The van der Waals surface area contributed by atoms with Crippen molar-refractivity contribution in [3.05, 3.63) is 29.8 Å². The molecule has 1 aromatic carbocycles. The Balaban J connectivity index is 2.07. The highest BCUT2D eigenvalue weighted by molar-refractivity contribution is 5.51. The van der Waals surface area contributed by atoms with Crippen LogP contribution in [0, 0.1) is 6.92 Å². The molecular weight excluding hydrogens is 178 g/mol. The molecule has 76 valence electrons. The maximum absolute atomic E-state index is 9.55. The number of para-hydroxylation sites is 1. The Morgan fingerprint density at radius 2 is 2.14 bits per heavy atom. The highest BCUT2D eigenvalue weighted by Crippen LogP contribution is 2.17.